The van der Waals surface area contributed by atoms with Crippen molar-refractivity contribution in [1.29, 1.82) is 0 Å². The van der Waals surface area contributed by atoms with Gasteiger partial charge in [-0.3, -0.25) is 14.3 Å². The fraction of sp³-hybridized carbons (Fsp3) is 0.667. The van der Waals surface area contributed by atoms with Crippen molar-refractivity contribution in [1.82, 2.24) is 9.55 Å². The van der Waals surface area contributed by atoms with Crippen LogP contribution in [-0.4, -0.2) is 24.2 Å². The van der Waals surface area contributed by atoms with Crippen LogP contribution >= 0.6 is 0 Å². The van der Waals surface area contributed by atoms with Crippen LogP contribution in [0.25, 0.3) is 0 Å². The van der Waals surface area contributed by atoms with Crippen LogP contribution in [0.4, 0.5) is 0 Å². The molecule has 2 rings (SSSR count). The number of nitrogens with zero attached hydrogens (tertiary/aromatic N) is 1. The van der Waals surface area contributed by atoms with Crippen LogP contribution in [0.5, 0.6) is 0 Å². The Morgan fingerprint density at radius 1 is 1.32 bits per heavy atom. The Labute approximate surface area is 112 Å². The van der Waals surface area contributed by atoms with Gasteiger partial charge in [-0.15, -0.1) is 0 Å². The molecule has 0 spiro atoms. The summed E-state index contributed by atoms with van der Waals surface area (Å²) in [5.74, 6) is 0. The Bertz CT molecular complexity index is 571. The molecule has 0 saturated carbocycles. The molecule has 0 saturated heterocycles. The topological polar surface area (TPSA) is 73.3 Å². The van der Waals surface area contributed by atoms with Gasteiger partial charge in [-0.25, -0.2) is 4.79 Å². The van der Waals surface area contributed by atoms with Gasteiger partial charge in [0.1, 0.15) is 6.73 Å². The fourth-order valence-corrected chi connectivity index (χ4v) is 2.65. The van der Waals surface area contributed by atoms with E-state index in [0.717, 1.165) is 6.04 Å². The molecule has 0 aromatic carbocycles. The first-order chi connectivity index (χ1) is 8.88. The molecular formula is C12H20N2O4Si. The summed E-state index contributed by atoms with van der Waals surface area (Å²) < 4.78 is 12.2. The zero-order chi connectivity index (χ0) is 14.0. The molecule has 1 aliphatic rings. The lowest BCUT2D eigenvalue weighted by Crippen LogP contribution is -2.34. The highest BCUT2D eigenvalue weighted by Crippen LogP contribution is 2.14. The largest absolute Gasteiger partial charge is 0.370 e. The van der Waals surface area contributed by atoms with E-state index in [9.17, 15) is 9.59 Å². The van der Waals surface area contributed by atoms with E-state index in [2.05, 4.69) is 24.6 Å². The molecule has 106 valence electrons. The summed E-state index contributed by atoms with van der Waals surface area (Å²) in [4.78, 5) is 25.6. The molecule has 19 heavy (non-hydrogen) atoms. The number of aromatic amines is 1. The zero-order valence-corrected chi connectivity index (χ0v) is 12.6. The first-order valence-electron chi connectivity index (χ1n) is 6.39. The van der Waals surface area contributed by atoms with E-state index in [4.69, 9.17) is 9.47 Å². The predicted octanol–water partition coefficient (Wildman–Crippen LogP) is 0.879. The van der Waals surface area contributed by atoms with Crippen LogP contribution in [0.2, 0.25) is 25.7 Å². The lowest BCUT2D eigenvalue weighted by atomic mass is 10.3. The van der Waals surface area contributed by atoms with E-state index < -0.39 is 13.8 Å². The van der Waals surface area contributed by atoms with Crippen LogP contribution < -0.4 is 11.2 Å². The number of hydrogen-bond acceptors (Lipinski definition) is 4. The highest BCUT2D eigenvalue weighted by Gasteiger charge is 2.20. The summed E-state index contributed by atoms with van der Waals surface area (Å²) in [6.45, 7) is 8.19. The third-order valence-electron chi connectivity index (χ3n) is 3.12. The molecule has 6 nitrogen and oxygen atoms in total. The molecule has 7 heteroatoms. The van der Waals surface area contributed by atoms with Gasteiger partial charge in [0, 0.05) is 14.7 Å². The van der Waals surface area contributed by atoms with Crippen LogP contribution in [0.15, 0.2) is 9.59 Å². The highest BCUT2D eigenvalue weighted by atomic mass is 28.3. The minimum Gasteiger partial charge on any atom is -0.370 e. The first-order valence-corrected chi connectivity index (χ1v) is 10.1. The van der Waals surface area contributed by atoms with Crippen LogP contribution in [0.1, 0.15) is 11.3 Å². The van der Waals surface area contributed by atoms with Gasteiger partial charge in [0.05, 0.1) is 24.5 Å². The Balaban J connectivity index is 2.08. The van der Waals surface area contributed by atoms with E-state index in [1.54, 1.807) is 0 Å². The predicted molar refractivity (Wildman–Crippen MR) is 73.9 cm³/mol. The van der Waals surface area contributed by atoms with Gasteiger partial charge < -0.3 is 9.47 Å². The summed E-state index contributed by atoms with van der Waals surface area (Å²) in [5, 5.41) is 0. The second kappa shape index (κ2) is 5.44. The molecule has 1 aromatic heterocycles. The number of ether oxygens (including phenoxy) is 2. The van der Waals surface area contributed by atoms with Crippen molar-refractivity contribution in [3.8, 4) is 0 Å². The van der Waals surface area contributed by atoms with Gasteiger partial charge in [-0.05, 0) is 6.04 Å². The monoisotopic (exact) mass is 284 g/mol. The van der Waals surface area contributed by atoms with Crippen molar-refractivity contribution in [3.05, 3.63) is 32.1 Å². The van der Waals surface area contributed by atoms with Gasteiger partial charge in [0.15, 0.2) is 0 Å². The quantitative estimate of drug-likeness (QED) is 0.643. The second-order valence-electron chi connectivity index (χ2n) is 5.95. The number of nitrogens with one attached hydrogen (secondary N) is 1. The summed E-state index contributed by atoms with van der Waals surface area (Å²) in [6.07, 6.45) is 0. The standard InChI is InChI=1S/C12H20N2O4Si/c1-19(2,3)5-4-17-8-14-10-7-18-6-9(10)11(15)13-12(14)16/h4-8H2,1-3H3,(H,13,15,16). The SMILES string of the molecule is C[Si](C)(C)CCOCn1c2c(c(=O)[nH]c1=O)COC2. The van der Waals surface area contributed by atoms with Crippen molar-refractivity contribution >= 4 is 8.07 Å². The third kappa shape index (κ3) is 3.43. The Kier molecular flexibility index (Phi) is 4.07. The molecule has 0 fully saturated rings. The minimum atomic E-state index is -1.13. The average Bonchev–Trinajstić information content (AvgIpc) is 2.75. The molecule has 1 aromatic rings. The van der Waals surface area contributed by atoms with Crippen molar-refractivity contribution in [3.63, 3.8) is 0 Å². The lowest BCUT2D eigenvalue weighted by molar-refractivity contribution is 0.0763. The van der Waals surface area contributed by atoms with Gasteiger partial charge in [-0.1, -0.05) is 19.6 Å². The average molecular weight is 284 g/mol. The molecular weight excluding hydrogens is 264 g/mol. The highest BCUT2D eigenvalue weighted by molar-refractivity contribution is 6.76. The number of H-pyrrole nitrogens is 1. The first kappa shape index (κ1) is 14.2. The second-order valence-corrected chi connectivity index (χ2v) is 11.6. The van der Waals surface area contributed by atoms with E-state index in [1.807, 2.05) is 0 Å². The van der Waals surface area contributed by atoms with Crippen molar-refractivity contribution in [2.45, 2.75) is 45.6 Å². The molecule has 1 N–H and O–H groups in total. The molecule has 0 unspecified atom stereocenters. The Morgan fingerprint density at radius 3 is 2.74 bits per heavy atom. The summed E-state index contributed by atoms with van der Waals surface area (Å²) in [6, 6.07) is 1.05. The number of fused-ring (bicyclic) bond motifs is 1. The van der Waals surface area contributed by atoms with Crippen molar-refractivity contribution in [2.24, 2.45) is 0 Å². The van der Waals surface area contributed by atoms with E-state index in [0.29, 0.717) is 24.5 Å². The molecule has 0 amide bonds. The van der Waals surface area contributed by atoms with Crippen molar-refractivity contribution in [2.75, 3.05) is 6.61 Å². The molecule has 0 aliphatic carbocycles. The zero-order valence-electron chi connectivity index (χ0n) is 11.6. The molecule has 0 bridgehead atoms. The van der Waals surface area contributed by atoms with Crippen molar-refractivity contribution < 1.29 is 9.47 Å². The minimum absolute atomic E-state index is 0.172. The Morgan fingerprint density at radius 2 is 2.05 bits per heavy atom. The maximum absolute atomic E-state index is 11.8. The fourth-order valence-electron chi connectivity index (χ4n) is 1.89. The number of hydrogen-bond donors (Lipinski definition) is 1. The van der Waals surface area contributed by atoms with Gasteiger partial charge in [-0.2, -0.15) is 0 Å². The number of aromatic nitrogens is 2. The summed E-state index contributed by atoms with van der Waals surface area (Å²) in [7, 11) is -1.13. The molecule has 2 heterocycles. The smallest absolute Gasteiger partial charge is 0.330 e. The maximum Gasteiger partial charge on any atom is 0.330 e. The van der Waals surface area contributed by atoms with E-state index in [1.165, 1.54) is 4.57 Å². The molecule has 0 atom stereocenters. The number of rotatable bonds is 5. The molecule has 1 aliphatic heterocycles. The third-order valence-corrected chi connectivity index (χ3v) is 4.82. The van der Waals surface area contributed by atoms with Gasteiger partial charge in [0.2, 0.25) is 0 Å². The van der Waals surface area contributed by atoms with E-state index >= 15 is 0 Å². The van der Waals surface area contributed by atoms with Crippen LogP contribution in [0.3, 0.4) is 0 Å². The van der Waals surface area contributed by atoms with Gasteiger partial charge >= 0.3 is 5.69 Å². The summed E-state index contributed by atoms with van der Waals surface area (Å²) in [5.41, 5.74) is 0.397. The van der Waals surface area contributed by atoms with Crippen LogP contribution in [-0.2, 0) is 29.4 Å². The van der Waals surface area contributed by atoms with E-state index in [-0.39, 0.29) is 18.9 Å². The maximum atomic E-state index is 11.8. The Hall–Kier alpha value is -1.18. The normalized spacial score (nSPS) is 14.7. The summed E-state index contributed by atoms with van der Waals surface area (Å²) >= 11 is 0. The van der Waals surface area contributed by atoms with Crippen LogP contribution in [0, 0.1) is 0 Å². The molecule has 0 radical (unpaired) electrons. The van der Waals surface area contributed by atoms with Gasteiger partial charge in [0.25, 0.3) is 5.56 Å². The lowest BCUT2D eigenvalue weighted by Gasteiger charge is -2.16.